The summed E-state index contributed by atoms with van der Waals surface area (Å²) in [6, 6.07) is 12.0. The molecule has 2 aromatic heterocycles. The summed E-state index contributed by atoms with van der Waals surface area (Å²) in [6.45, 7) is 3.77. The molecule has 3 heterocycles. The third-order valence-corrected chi connectivity index (χ3v) is 5.05. The van der Waals surface area contributed by atoms with Crippen molar-refractivity contribution in [1.29, 1.82) is 0 Å². The summed E-state index contributed by atoms with van der Waals surface area (Å²) in [6.07, 6.45) is 5.14. The van der Waals surface area contributed by atoms with Crippen molar-refractivity contribution in [2.75, 3.05) is 13.1 Å². The van der Waals surface area contributed by atoms with Crippen molar-refractivity contribution < 1.29 is 4.79 Å². The quantitative estimate of drug-likeness (QED) is 0.739. The molecule has 2 N–H and O–H groups in total. The first kappa shape index (κ1) is 18.3. The molecule has 0 spiro atoms. The first-order chi connectivity index (χ1) is 13.7. The molecule has 1 aromatic carbocycles. The van der Waals surface area contributed by atoms with Gasteiger partial charge in [-0.05, 0) is 37.9 Å². The van der Waals surface area contributed by atoms with Crippen LogP contribution in [-0.4, -0.2) is 43.6 Å². The first-order valence-electron chi connectivity index (χ1n) is 9.60. The zero-order valence-corrected chi connectivity index (χ0v) is 16.0. The van der Waals surface area contributed by atoms with Gasteiger partial charge in [-0.1, -0.05) is 30.3 Å². The van der Waals surface area contributed by atoms with Gasteiger partial charge in [0.1, 0.15) is 0 Å². The fourth-order valence-electron chi connectivity index (χ4n) is 3.70. The van der Waals surface area contributed by atoms with E-state index in [2.05, 4.69) is 26.7 Å². The average molecular weight is 376 g/mol. The summed E-state index contributed by atoms with van der Waals surface area (Å²) >= 11 is 0. The number of aryl methyl sites for hydroxylation is 1. The lowest BCUT2D eigenvalue weighted by atomic mass is 10.1. The van der Waals surface area contributed by atoms with E-state index in [1.54, 1.807) is 12.4 Å². The smallest absolute Gasteiger partial charge is 0.255 e. The molecule has 1 aliphatic rings. The van der Waals surface area contributed by atoms with Gasteiger partial charge in [-0.2, -0.15) is 0 Å². The summed E-state index contributed by atoms with van der Waals surface area (Å²) in [5.41, 5.74) is 8.26. The summed E-state index contributed by atoms with van der Waals surface area (Å²) in [7, 11) is 0. The number of carbonyl (C=O) groups excluding carboxylic acids is 1. The highest BCUT2D eigenvalue weighted by atomic mass is 16.2. The van der Waals surface area contributed by atoms with Gasteiger partial charge in [0, 0.05) is 24.5 Å². The molecule has 1 aliphatic heterocycles. The molecule has 28 heavy (non-hydrogen) atoms. The van der Waals surface area contributed by atoms with Crippen molar-refractivity contribution in [2.24, 2.45) is 5.73 Å². The third kappa shape index (κ3) is 3.53. The molecule has 7 heteroatoms. The van der Waals surface area contributed by atoms with Crippen molar-refractivity contribution in [2.45, 2.75) is 32.4 Å². The Labute approximate surface area is 164 Å². The zero-order valence-electron chi connectivity index (χ0n) is 16.0. The minimum atomic E-state index is -0.0236. The molecule has 0 radical (unpaired) electrons. The van der Waals surface area contributed by atoms with E-state index in [-0.39, 0.29) is 11.9 Å². The predicted octanol–water partition coefficient (Wildman–Crippen LogP) is 2.45. The van der Waals surface area contributed by atoms with E-state index in [9.17, 15) is 4.79 Å². The summed E-state index contributed by atoms with van der Waals surface area (Å²) < 4.78 is 2.13. The van der Waals surface area contributed by atoms with E-state index in [0.717, 1.165) is 35.6 Å². The molecule has 0 fully saturated rings. The lowest BCUT2D eigenvalue weighted by Gasteiger charge is -2.32. The number of amides is 1. The van der Waals surface area contributed by atoms with E-state index in [1.807, 2.05) is 41.3 Å². The topological polar surface area (TPSA) is 89.9 Å². The number of hydrogen-bond donors (Lipinski definition) is 1. The van der Waals surface area contributed by atoms with E-state index < -0.39 is 0 Å². The number of nitrogens with zero attached hydrogens (tertiary/aromatic N) is 5. The zero-order chi connectivity index (χ0) is 19.5. The van der Waals surface area contributed by atoms with Gasteiger partial charge in [0.25, 0.3) is 5.91 Å². The molecule has 7 nitrogen and oxygen atoms in total. The van der Waals surface area contributed by atoms with Crippen LogP contribution in [0.5, 0.6) is 0 Å². The molecule has 0 unspecified atom stereocenters. The van der Waals surface area contributed by atoms with Crippen LogP contribution in [0.15, 0.2) is 48.8 Å². The standard InChI is InChI=1S/C21H24N6O/c1-15-13-26(21(28)18-10-16(6-5-9-22)11-23-12-18)14-19-24-25-20(27(15)19)17-7-3-2-4-8-17/h2-4,7-8,10-12,15H,5-6,9,13-14,22H2,1H3/t15-/m0/s1. The molecule has 1 atom stereocenters. The van der Waals surface area contributed by atoms with Crippen molar-refractivity contribution in [1.82, 2.24) is 24.6 Å². The maximum Gasteiger partial charge on any atom is 0.255 e. The molecule has 0 aliphatic carbocycles. The van der Waals surface area contributed by atoms with Gasteiger partial charge in [0.05, 0.1) is 18.2 Å². The van der Waals surface area contributed by atoms with Gasteiger partial charge in [-0.25, -0.2) is 0 Å². The second-order valence-corrected chi connectivity index (χ2v) is 7.18. The molecule has 4 rings (SSSR count). The first-order valence-corrected chi connectivity index (χ1v) is 9.60. The van der Waals surface area contributed by atoms with Crippen LogP contribution in [0.3, 0.4) is 0 Å². The largest absolute Gasteiger partial charge is 0.330 e. The van der Waals surface area contributed by atoms with Crippen LogP contribution in [0.1, 0.15) is 41.1 Å². The van der Waals surface area contributed by atoms with E-state index in [4.69, 9.17) is 5.73 Å². The lowest BCUT2D eigenvalue weighted by Crippen LogP contribution is -2.40. The Morgan fingerprint density at radius 2 is 2.04 bits per heavy atom. The van der Waals surface area contributed by atoms with E-state index >= 15 is 0 Å². The predicted molar refractivity (Wildman–Crippen MR) is 107 cm³/mol. The van der Waals surface area contributed by atoms with E-state index in [1.165, 1.54) is 0 Å². The molecule has 0 saturated heterocycles. The Balaban J connectivity index is 1.57. The van der Waals surface area contributed by atoms with Crippen molar-refractivity contribution >= 4 is 5.91 Å². The Kier molecular flexibility index (Phi) is 5.16. The maximum atomic E-state index is 13.1. The Bertz CT molecular complexity index is 968. The van der Waals surface area contributed by atoms with Crippen LogP contribution in [0, 0.1) is 0 Å². The molecule has 1 amide bonds. The van der Waals surface area contributed by atoms with Crippen molar-refractivity contribution in [3.05, 3.63) is 65.7 Å². The molecule has 144 valence electrons. The van der Waals surface area contributed by atoms with Crippen LogP contribution in [0.2, 0.25) is 0 Å². The Morgan fingerprint density at radius 1 is 1.21 bits per heavy atom. The number of benzene rings is 1. The summed E-state index contributed by atoms with van der Waals surface area (Å²) in [5.74, 6) is 1.63. The molecule has 0 saturated carbocycles. The highest BCUT2D eigenvalue weighted by Gasteiger charge is 2.30. The van der Waals surface area contributed by atoms with Crippen LogP contribution >= 0.6 is 0 Å². The summed E-state index contributed by atoms with van der Waals surface area (Å²) in [4.78, 5) is 19.1. The van der Waals surface area contributed by atoms with Gasteiger partial charge in [0.2, 0.25) is 0 Å². The van der Waals surface area contributed by atoms with Crippen LogP contribution < -0.4 is 5.73 Å². The second kappa shape index (κ2) is 7.90. The molecule has 0 bridgehead atoms. The fraction of sp³-hybridized carbons (Fsp3) is 0.333. The second-order valence-electron chi connectivity index (χ2n) is 7.18. The molecular weight excluding hydrogens is 352 g/mol. The number of hydrogen-bond acceptors (Lipinski definition) is 5. The Hall–Kier alpha value is -3.06. The van der Waals surface area contributed by atoms with Gasteiger partial charge in [-0.3, -0.25) is 9.78 Å². The number of carbonyl (C=O) groups is 1. The van der Waals surface area contributed by atoms with Crippen LogP contribution in [0.25, 0.3) is 11.4 Å². The number of fused-ring (bicyclic) bond motifs is 1. The SMILES string of the molecule is C[C@H]1CN(C(=O)c2cncc(CCCN)c2)Cc2nnc(-c3ccccc3)n21. The minimum absolute atomic E-state index is 0.0236. The third-order valence-electron chi connectivity index (χ3n) is 5.05. The lowest BCUT2D eigenvalue weighted by molar-refractivity contribution is 0.0681. The number of nitrogens with two attached hydrogens (primary N) is 1. The average Bonchev–Trinajstić information content (AvgIpc) is 3.17. The number of aromatic nitrogens is 4. The van der Waals surface area contributed by atoms with Gasteiger partial charge in [-0.15, -0.1) is 10.2 Å². The Morgan fingerprint density at radius 3 is 2.82 bits per heavy atom. The van der Waals surface area contributed by atoms with Crippen molar-refractivity contribution in [3.63, 3.8) is 0 Å². The van der Waals surface area contributed by atoms with Gasteiger partial charge >= 0.3 is 0 Å². The fourth-order valence-corrected chi connectivity index (χ4v) is 3.70. The normalized spacial score (nSPS) is 16.1. The van der Waals surface area contributed by atoms with Crippen LogP contribution in [-0.2, 0) is 13.0 Å². The highest BCUT2D eigenvalue weighted by molar-refractivity contribution is 5.94. The van der Waals surface area contributed by atoms with Crippen LogP contribution in [0.4, 0.5) is 0 Å². The molecule has 3 aromatic rings. The molecular formula is C21H24N6O. The maximum absolute atomic E-state index is 13.1. The number of rotatable bonds is 5. The number of pyridine rings is 1. The van der Waals surface area contributed by atoms with E-state index in [0.29, 0.717) is 25.2 Å². The van der Waals surface area contributed by atoms with Crippen molar-refractivity contribution in [3.8, 4) is 11.4 Å². The van der Waals surface area contributed by atoms with Gasteiger partial charge < -0.3 is 15.2 Å². The monoisotopic (exact) mass is 376 g/mol. The highest BCUT2D eigenvalue weighted by Crippen LogP contribution is 2.28. The summed E-state index contributed by atoms with van der Waals surface area (Å²) in [5, 5.41) is 8.74. The minimum Gasteiger partial charge on any atom is -0.330 e. The van der Waals surface area contributed by atoms with Gasteiger partial charge in [0.15, 0.2) is 11.6 Å².